The lowest BCUT2D eigenvalue weighted by atomic mass is 10.1. The van der Waals surface area contributed by atoms with Gasteiger partial charge in [0.15, 0.2) is 34.5 Å². The standard InChI is InChI=1S/C22H22N2O6/c1-3-26-17-8-6-15(10-21(17)27-4-2)19-11-16(24-30-19)22(25)23-12-14-5-7-18-20(9-14)29-13-28-18/h5-11H,3-4,12-13H2,1-2H3,(H,23,25). The third-order valence-electron chi connectivity index (χ3n) is 4.46. The number of carbonyl (C=O) groups excluding carboxylic acids is 1. The summed E-state index contributed by atoms with van der Waals surface area (Å²) >= 11 is 0. The van der Waals surface area contributed by atoms with Crippen molar-refractivity contribution in [3.05, 3.63) is 53.7 Å². The summed E-state index contributed by atoms with van der Waals surface area (Å²) in [5.74, 6) is 2.77. The SMILES string of the molecule is CCOc1ccc(-c2cc(C(=O)NCc3ccc4c(c3)OCO4)no2)cc1OCC. The molecule has 1 N–H and O–H groups in total. The zero-order valence-corrected chi connectivity index (χ0v) is 16.8. The van der Waals surface area contributed by atoms with Crippen LogP contribution in [0.3, 0.4) is 0 Å². The Balaban J connectivity index is 1.44. The summed E-state index contributed by atoms with van der Waals surface area (Å²) in [5.41, 5.74) is 1.82. The molecule has 156 valence electrons. The maximum atomic E-state index is 12.5. The Morgan fingerprint density at radius 3 is 2.63 bits per heavy atom. The van der Waals surface area contributed by atoms with Gasteiger partial charge in [0.25, 0.3) is 5.91 Å². The molecular formula is C22H22N2O6. The number of nitrogens with one attached hydrogen (secondary N) is 1. The van der Waals surface area contributed by atoms with Crippen molar-refractivity contribution in [2.75, 3.05) is 20.0 Å². The summed E-state index contributed by atoms with van der Waals surface area (Å²) in [6.07, 6.45) is 0. The van der Waals surface area contributed by atoms with E-state index in [-0.39, 0.29) is 18.4 Å². The van der Waals surface area contributed by atoms with Crippen molar-refractivity contribution in [1.82, 2.24) is 10.5 Å². The minimum atomic E-state index is -0.335. The normalized spacial score (nSPS) is 11.9. The van der Waals surface area contributed by atoms with Gasteiger partial charge < -0.3 is 28.8 Å². The van der Waals surface area contributed by atoms with Crippen LogP contribution in [0.1, 0.15) is 29.9 Å². The van der Waals surface area contributed by atoms with Crippen molar-refractivity contribution in [2.24, 2.45) is 0 Å². The summed E-state index contributed by atoms with van der Waals surface area (Å²) in [6, 6.07) is 12.6. The van der Waals surface area contributed by atoms with E-state index in [1.165, 1.54) is 0 Å². The molecule has 30 heavy (non-hydrogen) atoms. The second kappa shape index (κ2) is 8.77. The summed E-state index contributed by atoms with van der Waals surface area (Å²) in [6.45, 7) is 5.40. The first-order chi connectivity index (χ1) is 14.7. The smallest absolute Gasteiger partial charge is 0.273 e. The molecule has 0 atom stereocenters. The Labute approximate surface area is 173 Å². The number of fused-ring (bicyclic) bond motifs is 1. The van der Waals surface area contributed by atoms with E-state index < -0.39 is 0 Å². The first kappa shape index (κ1) is 19.6. The van der Waals surface area contributed by atoms with Gasteiger partial charge in [-0.1, -0.05) is 11.2 Å². The highest BCUT2D eigenvalue weighted by Gasteiger charge is 2.17. The molecular weight excluding hydrogens is 388 g/mol. The lowest BCUT2D eigenvalue weighted by Crippen LogP contribution is -2.22. The Morgan fingerprint density at radius 1 is 1.00 bits per heavy atom. The van der Waals surface area contributed by atoms with E-state index in [4.69, 9.17) is 23.5 Å². The van der Waals surface area contributed by atoms with Crippen molar-refractivity contribution in [3.63, 3.8) is 0 Å². The van der Waals surface area contributed by atoms with Crippen LogP contribution >= 0.6 is 0 Å². The third-order valence-corrected chi connectivity index (χ3v) is 4.46. The van der Waals surface area contributed by atoms with Crippen LogP contribution in [0.4, 0.5) is 0 Å². The number of hydrogen-bond acceptors (Lipinski definition) is 7. The lowest BCUT2D eigenvalue weighted by molar-refractivity contribution is 0.0942. The summed E-state index contributed by atoms with van der Waals surface area (Å²) in [5, 5.41) is 6.72. The van der Waals surface area contributed by atoms with Crippen LogP contribution in [0.25, 0.3) is 11.3 Å². The minimum absolute atomic E-state index is 0.192. The van der Waals surface area contributed by atoms with E-state index >= 15 is 0 Å². The first-order valence-electron chi connectivity index (χ1n) is 9.71. The predicted octanol–water partition coefficient (Wildman–Crippen LogP) is 3.80. The fourth-order valence-electron chi connectivity index (χ4n) is 3.05. The van der Waals surface area contributed by atoms with Crippen molar-refractivity contribution < 1.29 is 28.3 Å². The van der Waals surface area contributed by atoms with Crippen LogP contribution in [0.15, 0.2) is 47.0 Å². The van der Waals surface area contributed by atoms with Crippen molar-refractivity contribution in [3.8, 4) is 34.3 Å². The van der Waals surface area contributed by atoms with E-state index in [9.17, 15) is 4.79 Å². The molecule has 0 unspecified atom stereocenters. The molecule has 8 heteroatoms. The molecule has 0 spiro atoms. The number of nitrogens with zero attached hydrogens (tertiary/aromatic N) is 1. The molecule has 2 aromatic carbocycles. The average Bonchev–Trinajstić information content (AvgIpc) is 3.43. The van der Waals surface area contributed by atoms with Gasteiger partial charge in [0.2, 0.25) is 6.79 Å². The van der Waals surface area contributed by atoms with Crippen molar-refractivity contribution in [1.29, 1.82) is 0 Å². The van der Waals surface area contributed by atoms with E-state index in [2.05, 4.69) is 10.5 Å². The van der Waals surface area contributed by atoms with Gasteiger partial charge in [0.1, 0.15) is 0 Å². The van der Waals surface area contributed by atoms with E-state index in [0.717, 1.165) is 11.1 Å². The maximum Gasteiger partial charge on any atom is 0.273 e. The second-order valence-electron chi connectivity index (χ2n) is 6.47. The molecule has 1 aromatic heterocycles. The number of rotatable bonds is 8. The van der Waals surface area contributed by atoms with Gasteiger partial charge >= 0.3 is 0 Å². The van der Waals surface area contributed by atoms with E-state index in [1.807, 2.05) is 50.2 Å². The van der Waals surface area contributed by atoms with Gasteiger partial charge in [-0.2, -0.15) is 0 Å². The lowest BCUT2D eigenvalue weighted by Gasteiger charge is -2.11. The van der Waals surface area contributed by atoms with Crippen LogP contribution in [0.5, 0.6) is 23.0 Å². The van der Waals surface area contributed by atoms with Gasteiger partial charge in [-0.25, -0.2) is 0 Å². The van der Waals surface area contributed by atoms with Crippen LogP contribution in [0, 0.1) is 0 Å². The number of hydrogen-bond donors (Lipinski definition) is 1. The molecule has 4 rings (SSSR count). The summed E-state index contributed by atoms with van der Waals surface area (Å²) in [7, 11) is 0. The highest BCUT2D eigenvalue weighted by molar-refractivity contribution is 5.93. The summed E-state index contributed by atoms with van der Waals surface area (Å²) in [4.78, 5) is 12.5. The molecule has 1 aliphatic heterocycles. The Kier molecular flexibility index (Phi) is 5.74. The highest BCUT2D eigenvalue weighted by atomic mass is 16.7. The number of carbonyl (C=O) groups is 1. The molecule has 0 saturated carbocycles. The number of aromatic nitrogens is 1. The average molecular weight is 410 g/mol. The number of amides is 1. The van der Waals surface area contributed by atoms with Gasteiger partial charge in [-0.15, -0.1) is 0 Å². The van der Waals surface area contributed by atoms with Gasteiger partial charge in [-0.05, 0) is 49.7 Å². The van der Waals surface area contributed by atoms with Crippen LogP contribution in [-0.4, -0.2) is 31.1 Å². The van der Waals surface area contributed by atoms with Crippen LogP contribution in [-0.2, 0) is 6.54 Å². The monoisotopic (exact) mass is 410 g/mol. The zero-order valence-electron chi connectivity index (χ0n) is 16.8. The van der Waals surface area contributed by atoms with Gasteiger partial charge in [0.05, 0.1) is 13.2 Å². The number of ether oxygens (including phenoxy) is 4. The van der Waals surface area contributed by atoms with Crippen LogP contribution < -0.4 is 24.3 Å². The Bertz CT molecular complexity index is 1050. The molecule has 3 aromatic rings. The Morgan fingerprint density at radius 2 is 1.80 bits per heavy atom. The molecule has 2 heterocycles. The molecule has 1 aliphatic rings. The zero-order chi connectivity index (χ0) is 20.9. The topological polar surface area (TPSA) is 92.1 Å². The third kappa shape index (κ3) is 4.17. The number of benzene rings is 2. The van der Waals surface area contributed by atoms with E-state index in [1.54, 1.807) is 6.07 Å². The van der Waals surface area contributed by atoms with E-state index in [0.29, 0.717) is 48.5 Å². The molecule has 8 nitrogen and oxygen atoms in total. The Hall–Kier alpha value is -3.68. The van der Waals surface area contributed by atoms with Crippen molar-refractivity contribution in [2.45, 2.75) is 20.4 Å². The van der Waals surface area contributed by atoms with Crippen LogP contribution in [0.2, 0.25) is 0 Å². The fourth-order valence-corrected chi connectivity index (χ4v) is 3.05. The fraction of sp³-hybridized carbons (Fsp3) is 0.273. The maximum absolute atomic E-state index is 12.5. The molecule has 1 amide bonds. The van der Waals surface area contributed by atoms with Gasteiger partial charge in [0, 0.05) is 18.2 Å². The quantitative estimate of drug-likeness (QED) is 0.604. The second-order valence-corrected chi connectivity index (χ2v) is 6.47. The predicted molar refractivity (Wildman–Crippen MR) is 108 cm³/mol. The summed E-state index contributed by atoms with van der Waals surface area (Å²) < 4.78 is 27.2. The molecule has 0 fully saturated rings. The molecule has 0 bridgehead atoms. The minimum Gasteiger partial charge on any atom is -0.490 e. The van der Waals surface area contributed by atoms with Crippen molar-refractivity contribution >= 4 is 5.91 Å². The largest absolute Gasteiger partial charge is 0.490 e. The molecule has 0 radical (unpaired) electrons. The van der Waals surface area contributed by atoms with Gasteiger partial charge in [-0.3, -0.25) is 4.79 Å². The first-order valence-corrected chi connectivity index (χ1v) is 9.71. The molecule has 0 aliphatic carbocycles. The highest BCUT2D eigenvalue weighted by Crippen LogP contribution is 2.34. The molecule has 0 saturated heterocycles.